The first-order chi connectivity index (χ1) is 12.5. The molecule has 0 aromatic heterocycles. The van der Waals surface area contributed by atoms with Crippen molar-refractivity contribution in [3.8, 4) is 5.75 Å². The Morgan fingerprint density at radius 2 is 1.65 bits per heavy atom. The first-order valence-corrected chi connectivity index (χ1v) is 9.90. The zero-order chi connectivity index (χ0) is 18.7. The van der Waals surface area contributed by atoms with Gasteiger partial charge in [-0.3, -0.25) is 0 Å². The molecule has 2 aromatic rings. The van der Waals surface area contributed by atoms with Gasteiger partial charge < -0.3 is 9.47 Å². The maximum Gasteiger partial charge on any atom is 0.337 e. The number of esters is 1. The van der Waals surface area contributed by atoms with Crippen LogP contribution in [0.1, 0.15) is 58.8 Å². The van der Waals surface area contributed by atoms with Crippen LogP contribution in [0.4, 0.5) is 0 Å². The zero-order valence-corrected chi connectivity index (χ0v) is 17.1. The molecular weight excluding hydrogens is 392 g/mol. The molecule has 3 nitrogen and oxygen atoms in total. The fraction of sp³-hybridized carbons (Fsp3) is 0.409. The van der Waals surface area contributed by atoms with E-state index in [0.29, 0.717) is 11.5 Å². The molecule has 0 amide bonds. The van der Waals surface area contributed by atoms with Gasteiger partial charge in [0, 0.05) is 10.4 Å². The van der Waals surface area contributed by atoms with Gasteiger partial charge >= 0.3 is 5.97 Å². The van der Waals surface area contributed by atoms with E-state index in [2.05, 4.69) is 41.9 Å². The standard InChI is InChI=1S/C22H25BrO3/c1-14-12-19(13-15(2)20(14)23)26-21(16-6-4-5-7-16)17-8-10-18(11-9-17)22(24)25-3/h8-13,16,21H,4-7H2,1-3H3. The third-order valence-corrected chi connectivity index (χ3v) is 6.41. The van der Waals surface area contributed by atoms with Crippen molar-refractivity contribution in [2.24, 2.45) is 5.92 Å². The van der Waals surface area contributed by atoms with Crippen LogP contribution in [-0.2, 0) is 4.74 Å². The Kier molecular flexibility index (Phi) is 6.02. The second kappa shape index (κ2) is 8.26. The summed E-state index contributed by atoms with van der Waals surface area (Å²) in [4.78, 5) is 11.7. The number of carbonyl (C=O) groups excluding carboxylic acids is 1. The van der Waals surface area contributed by atoms with Crippen LogP contribution in [0.2, 0.25) is 0 Å². The Hall–Kier alpha value is -1.81. The van der Waals surface area contributed by atoms with Crippen LogP contribution in [0.15, 0.2) is 40.9 Å². The quantitative estimate of drug-likeness (QED) is 0.547. The molecule has 138 valence electrons. The molecular formula is C22H25BrO3. The molecule has 0 radical (unpaired) electrons. The van der Waals surface area contributed by atoms with Gasteiger partial charge in [0.2, 0.25) is 0 Å². The van der Waals surface area contributed by atoms with Crippen LogP contribution >= 0.6 is 15.9 Å². The van der Waals surface area contributed by atoms with E-state index in [1.807, 2.05) is 24.3 Å². The number of rotatable bonds is 5. The summed E-state index contributed by atoms with van der Waals surface area (Å²) in [5.41, 5.74) is 4.02. The highest BCUT2D eigenvalue weighted by Gasteiger charge is 2.28. The first kappa shape index (κ1) is 19.0. The second-order valence-corrected chi connectivity index (χ2v) is 7.86. The van der Waals surface area contributed by atoms with E-state index >= 15 is 0 Å². The fourth-order valence-electron chi connectivity index (χ4n) is 3.74. The lowest BCUT2D eigenvalue weighted by Gasteiger charge is -2.26. The van der Waals surface area contributed by atoms with Crippen LogP contribution in [0.25, 0.3) is 0 Å². The molecule has 26 heavy (non-hydrogen) atoms. The molecule has 0 aliphatic heterocycles. The average molecular weight is 417 g/mol. The van der Waals surface area contributed by atoms with E-state index in [4.69, 9.17) is 9.47 Å². The Labute approximate surface area is 163 Å². The zero-order valence-electron chi connectivity index (χ0n) is 15.5. The van der Waals surface area contributed by atoms with E-state index in [1.165, 1.54) is 43.9 Å². The molecule has 2 aromatic carbocycles. The number of benzene rings is 2. The van der Waals surface area contributed by atoms with Gasteiger partial charge in [-0.2, -0.15) is 0 Å². The third kappa shape index (κ3) is 4.12. The molecule has 1 aliphatic rings. The normalized spacial score (nSPS) is 15.7. The highest BCUT2D eigenvalue weighted by molar-refractivity contribution is 9.10. The largest absolute Gasteiger partial charge is 0.485 e. The predicted molar refractivity (Wildman–Crippen MR) is 107 cm³/mol. The highest BCUT2D eigenvalue weighted by Crippen LogP contribution is 2.39. The van der Waals surface area contributed by atoms with Crippen LogP contribution in [0.3, 0.4) is 0 Å². The molecule has 0 bridgehead atoms. The molecule has 0 saturated heterocycles. The number of aryl methyl sites for hydroxylation is 2. The van der Waals surface area contributed by atoms with E-state index in [9.17, 15) is 4.79 Å². The van der Waals surface area contributed by atoms with Crippen molar-refractivity contribution < 1.29 is 14.3 Å². The molecule has 1 aliphatic carbocycles. The van der Waals surface area contributed by atoms with Gasteiger partial charge in [-0.05, 0) is 67.6 Å². The minimum Gasteiger partial charge on any atom is -0.485 e. The van der Waals surface area contributed by atoms with E-state index < -0.39 is 0 Å². The van der Waals surface area contributed by atoms with Gasteiger partial charge in [-0.1, -0.05) is 40.9 Å². The highest BCUT2D eigenvalue weighted by atomic mass is 79.9. The average Bonchev–Trinajstić information content (AvgIpc) is 3.18. The number of halogens is 1. The van der Waals surface area contributed by atoms with Gasteiger partial charge in [0.1, 0.15) is 11.9 Å². The van der Waals surface area contributed by atoms with E-state index in [-0.39, 0.29) is 12.1 Å². The number of hydrogen-bond donors (Lipinski definition) is 0. The SMILES string of the molecule is COC(=O)c1ccc(C(Oc2cc(C)c(Br)c(C)c2)C2CCCC2)cc1. The molecule has 0 heterocycles. The summed E-state index contributed by atoms with van der Waals surface area (Å²) >= 11 is 3.62. The van der Waals surface area contributed by atoms with Gasteiger partial charge in [-0.25, -0.2) is 4.79 Å². The van der Waals surface area contributed by atoms with Crippen LogP contribution in [-0.4, -0.2) is 13.1 Å². The van der Waals surface area contributed by atoms with Crippen LogP contribution < -0.4 is 4.74 Å². The lowest BCUT2D eigenvalue weighted by atomic mass is 9.93. The Bertz CT molecular complexity index is 753. The summed E-state index contributed by atoms with van der Waals surface area (Å²) in [6.45, 7) is 4.17. The van der Waals surface area contributed by atoms with Crippen LogP contribution in [0, 0.1) is 19.8 Å². The van der Waals surface area contributed by atoms with Crippen molar-refractivity contribution in [2.75, 3.05) is 7.11 Å². The van der Waals surface area contributed by atoms with E-state index in [1.54, 1.807) is 0 Å². The summed E-state index contributed by atoms with van der Waals surface area (Å²) in [5.74, 6) is 1.09. The molecule has 3 rings (SSSR count). The van der Waals surface area contributed by atoms with Gasteiger partial charge in [0.05, 0.1) is 12.7 Å². The van der Waals surface area contributed by atoms with Crippen molar-refractivity contribution in [1.29, 1.82) is 0 Å². The van der Waals surface area contributed by atoms with Gasteiger partial charge in [0.15, 0.2) is 0 Å². The number of hydrogen-bond acceptors (Lipinski definition) is 3. The summed E-state index contributed by atoms with van der Waals surface area (Å²) in [5, 5.41) is 0. The molecule has 1 atom stereocenters. The monoisotopic (exact) mass is 416 g/mol. The molecule has 0 spiro atoms. The van der Waals surface area contributed by atoms with Crippen molar-refractivity contribution in [2.45, 2.75) is 45.6 Å². The Morgan fingerprint density at radius 3 is 2.19 bits per heavy atom. The predicted octanol–water partition coefficient (Wildman–Crippen LogP) is 6.16. The van der Waals surface area contributed by atoms with Crippen molar-refractivity contribution in [3.05, 3.63) is 63.1 Å². The number of methoxy groups -OCH3 is 1. The van der Waals surface area contributed by atoms with Crippen LogP contribution in [0.5, 0.6) is 5.75 Å². The lowest BCUT2D eigenvalue weighted by Crippen LogP contribution is -2.17. The van der Waals surface area contributed by atoms with Gasteiger partial charge in [-0.15, -0.1) is 0 Å². The van der Waals surface area contributed by atoms with Crippen molar-refractivity contribution in [1.82, 2.24) is 0 Å². The topological polar surface area (TPSA) is 35.5 Å². The minimum atomic E-state index is -0.311. The number of carbonyl (C=O) groups is 1. The molecule has 1 saturated carbocycles. The van der Waals surface area contributed by atoms with E-state index in [0.717, 1.165) is 15.8 Å². The summed E-state index contributed by atoms with van der Waals surface area (Å²) in [6, 6.07) is 11.8. The number of ether oxygens (including phenoxy) is 2. The third-order valence-electron chi connectivity index (χ3n) is 5.16. The van der Waals surface area contributed by atoms with Gasteiger partial charge in [0.25, 0.3) is 0 Å². The second-order valence-electron chi connectivity index (χ2n) is 7.07. The van der Waals surface area contributed by atoms with Crippen molar-refractivity contribution >= 4 is 21.9 Å². The van der Waals surface area contributed by atoms with Crippen molar-refractivity contribution in [3.63, 3.8) is 0 Å². The summed E-state index contributed by atoms with van der Waals surface area (Å²) in [6.07, 6.45) is 4.87. The Morgan fingerprint density at radius 1 is 1.08 bits per heavy atom. The minimum absolute atomic E-state index is 0.00386. The molecule has 4 heteroatoms. The Balaban J connectivity index is 1.89. The summed E-state index contributed by atoms with van der Waals surface area (Å²) in [7, 11) is 1.40. The molecule has 1 fully saturated rings. The summed E-state index contributed by atoms with van der Waals surface area (Å²) < 4.78 is 12.4. The smallest absolute Gasteiger partial charge is 0.337 e. The first-order valence-electron chi connectivity index (χ1n) is 9.11. The molecule has 0 N–H and O–H groups in total. The fourth-order valence-corrected chi connectivity index (χ4v) is 3.97. The molecule has 1 unspecified atom stereocenters. The lowest BCUT2D eigenvalue weighted by molar-refractivity contribution is 0.0600. The maximum atomic E-state index is 11.7. The maximum absolute atomic E-state index is 11.7.